The second-order valence-corrected chi connectivity index (χ2v) is 6.81. The number of Topliss-reactive ketones (excluding diaryl/α,β-unsaturated/α-hetero) is 1. The first-order valence-electron chi connectivity index (χ1n) is 7.20. The van der Waals surface area contributed by atoms with Crippen LogP contribution in [-0.4, -0.2) is 12.3 Å². The minimum Gasteiger partial charge on any atom is -0.330 e. The van der Waals surface area contributed by atoms with E-state index >= 15 is 0 Å². The van der Waals surface area contributed by atoms with E-state index in [1.54, 1.807) is 12.1 Å². The fourth-order valence-electron chi connectivity index (χ4n) is 3.11. The number of halogens is 2. The molecule has 1 aliphatic rings. The van der Waals surface area contributed by atoms with Crippen molar-refractivity contribution in [1.29, 1.82) is 0 Å². The zero-order valence-corrected chi connectivity index (χ0v) is 13.2. The van der Waals surface area contributed by atoms with Gasteiger partial charge in [0.05, 0.1) is 0 Å². The molecule has 20 heavy (non-hydrogen) atoms. The van der Waals surface area contributed by atoms with Gasteiger partial charge in [-0.25, -0.2) is 4.39 Å². The minimum atomic E-state index is -0.321. The highest BCUT2D eigenvalue weighted by atomic mass is 79.9. The molecule has 0 heterocycles. The van der Waals surface area contributed by atoms with Crippen molar-refractivity contribution in [2.75, 3.05) is 6.54 Å². The van der Waals surface area contributed by atoms with Gasteiger partial charge in [-0.05, 0) is 42.5 Å². The highest BCUT2D eigenvalue weighted by molar-refractivity contribution is 9.10. The molecule has 4 heteroatoms. The standard InChI is InChI=1S/C16H21BrFNO/c17-13-5-4-12(15(18)9-13)8-14(20)10-16(11-19)6-2-1-3-7-16/h4-5,9H,1-3,6-8,10-11,19H2. The number of ketones is 1. The highest BCUT2D eigenvalue weighted by Gasteiger charge is 2.32. The van der Waals surface area contributed by atoms with Gasteiger partial charge in [0.1, 0.15) is 11.6 Å². The van der Waals surface area contributed by atoms with Crippen LogP contribution >= 0.6 is 15.9 Å². The Morgan fingerprint density at radius 2 is 2.00 bits per heavy atom. The van der Waals surface area contributed by atoms with Crippen LogP contribution in [0.25, 0.3) is 0 Å². The summed E-state index contributed by atoms with van der Waals surface area (Å²) >= 11 is 3.22. The Labute approximate surface area is 128 Å². The molecule has 0 atom stereocenters. The zero-order chi connectivity index (χ0) is 14.6. The third-order valence-corrected chi connectivity index (χ3v) is 4.82. The predicted molar refractivity (Wildman–Crippen MR) is 82.0 cm³/mol. The van der Waals surface area contributed by atoms with Crippen molar-refractivity contribution >= 4 is 21.7 Å². The van der Waals surface area contributed by atoms with Crippen LogP contribution in [0, 0.1) is 11.2 Å². The second kappa shape index (κ2) is 6.81. The molecule has 1 saturated carbocycles. The lowest BCUT2D eigenvalue weighted by molar-refractivity contribution is -0.121. The van der Waals surface area contributed by atoms with Crippen molar-refractivity contribution in [3.8, 4) is 0 Å². The van der Waals surface area contributed by atoms with Gasteiger partial charge in [0.25, 0.3) is 0 Å². The Kier molecular flexibility index (Phi) is 5.33. The fourth-order valence-corrected chi connectivity index (χ4v) is 3.45. The van der Waals surface area contributed by atoms with E-state index in [1.165, 1.54) is 12.5 Å². The molecule has 0 spiro atoms. The van der Waals surface area contributed by atoms with Gasteiger partial charge in [0, 0.05) is 17.3 Å². The largest absolute Gasteiger partial charge is 0.330 e. The van der Waals surface area contributed by atoms with Gasteiger partial charge in [0.2, 0.25) is 0 Å². The van der Waals surface area contributed by atoms with Crippen molar-refractivity contribution in [2.24, 2.45) is 11.1 Å². The van der Waals surface area contributed by atoms with E-state index in [4.69, 9.17) is 5.73 Å². The van der Waals surface area contributed by atoms with Crippen LogP contribution < -0.4 is 5.73 Å². The molecule has 0 aromatic heterocycles. The van der Waals surface area contributed by atoms with Crippen LogP contribution in [0.3, 0.4) is 0 Å². The van der Waals surface area contributed by atoms with Crippen LogP contribution in [0.4, 0.5) is 4.39 Å². The Balaban J connectivity index is 2.00. The van der Waals surface area contributed by atoms with E-state index in [1.807, 2.05) is 0 Å². The lowest BCUT2D eigenvalue weighted by Gasteiger charge is -2.35. The predicted octanol–water partition coefficient (Wildman–Crippen LogP) is 4.00. The Morgan fingerprint density at radius 1 is 1.30 bits per heavy atom. The molecule has 2 nitrogen and oxygen atoms in total. The Bertz CT molecular complexity index is 483. The molecule has 1 aliphatic carbocycles. The van der Waals surface area contributed by atoms with Crippen molar-refractivity contribution in [1.82, 2.24) is 0 Å². The Morgan fingerprint density at radius 3 is 2.60 bits per heavy atom. The number of hydrogen-bond acceptors (Lipinski definition) is 2. The maximum atomic E-state index is 13.8. The van der Waals surface area contributed by atoms with Crippen LogP contribution in [0.15, 0.2) is 22.7 Å². The van der Waals surface area contributed by atoms with E-state index < -0.39 is 0 Å². The molecule has 110 valence electrons. The van der Waals surface area contributed by atoms with Crippen LogP contribution in [0.1, 0.15) is 44.1 Å². The summed E-state index contributed by atoms with van der Waals surface area (Å²) in [7, 11) is 0. The molecule has 1 fully saturated rings. The van der Waals surface area contributed by atoms with Crippen LogP contribution in [-0.2, 0) is 11.2 Å². The van der Waals surface area contributed by atoms with Crippen LogP contribution in [0.2, 0.25) is 0 Å². The number of nitrogens with two attached hydrogens (primary N) is 1. The van der Waals surface area contributed by atoms with E-state index in [0.717, 1.165) is 25.7 Å². The maximum Gasteiger partial charge on any atom is 0.137 e. The quantitative estimate of drug-likeness (QED) is 0.879. The molecule has 1 aromatic carbocycles. The lowest BCUT2D eigenvalue weighted by atomic mass is 9.70. The SMILES string of the molecule is NCC1(CC(=O)Cc2ccc(Br)cc2F)CCCCC1. The first-order valence-corrected chi connectivity index (χ1v) is 8.00. The van der Waals surface area contributed by atoms with E-state index in [0.29, 0.717) is 23.0 Å². The number of benzene rings is 1. The van der Waals surface area contributed by atoms with Crippen LogP contribution in [0.5, 0.6) is 0 Å². The molecular weight excluding hydrogens is 321 g/mol. The summed E-state index contributed by atoms with van der Waals surface area (Å²) in [5.41, 5.74) is 6.33. The molecule has 0 unspecified atom stereocenters. The topological polar surface area (TPSA) is 43.1 Å². The summed E-state index contributed by atoms with van der Waals surface area (Å²) < 4.78 is 14.5. The normalized spacial score (nSPS) is 17.9. The molecular formula is C16H21BrFNO. The molecule has 2 N–H and O–H groups in total. The van der Waals surface area contributed by atoms with Gasteiger partial charge < -0.3 is 5.73 Å². The van der Waals surface area contributed by atoms with Gasteiger partial charge in [-0.1, -0.05) is 41.3 Å². The van der Waals surface area contributed by atoms with Crippen molar-refractivity contribution in [2.45, 2.75) is 44.9 Å². The Hall–Kier alpha value is -0.740. The van der Waals surface area contributed by atoms with E-state index in [2.05, 4.69) is 15.9 Å². The summed E-state index contributed by atoms with van der Waals surface area (Å²) in [5, 5.41) is 0. The zero-order valence-electron chi connectivity index (χ0n) is 11.6. The van der Waals surface area contributed by atoms with E-state index in [9.17, 15) is 9.18 Å². The summed E-state index contributed by atoms with van der Waals surface area (Å²) in [6.45, 7) is 0.557. The number of carbonyl (C=O) groups is 1. The van der Waals surface area contributed by atoms with Crippen molar-refractivity contribution < 1.29 is 9.18 Å². The number of rotatable bonds is 5. The number of carbonyl (C=O) groups excluding carboxylic acids is 1. The van der Waals surface area contributed by atoms with Gasteiger partial charge in [0.15, 0.2) is 0 Å². The molecule has 0 saturated heterocycles. The lowest BCUT2D eigenvalue weighted by Crippen LogP contribution is -2.35. The average Bonchev–Trinajstić information content (AvgIpc) is 2.43. The second-order valence-electron chi connectivity index (χ2n) is 5.89. The van der Waals surface area contributed by atoms with E-state index in [-0.39, 0.29) is 23.4 Å². The molecule has 0 aliphatic heterocycles. The molecule has 1 aromatic rings. The molecule has 2 rings (SSSR count). The summed E-state index contributed by atoms with van der Waals surface area (Å²) in [4.78, 5) is 12.2. The van der Waals surface area contributed by atoms with Gasteiger partial charge >= 0.3 is 0 Å². The monoisotopic (exact) mass is 341 g/mol. The fraction of sp³-hybridized carbons (Fsp3) is 0.562. The highest BCUT2D eigenvalue weighted by Crippen LogP contribution is 2.38. The van der Waals surface area contributed by atoms with Gasteiger partial charge in [-0.3, -0.25) is 4.79 Å². The average molecular weight is 342 g/mol. The van der Waals surface area contributed by atoms with Crippen molar-refractivity contribution in [3.05, 3.63) is 34.1 Å². The first-order chi connectivity index (χ1) is 9.54. The minimum absolute atomic E-state index is 0.0405. The first kappa shape index (κ1) is 15.6. The molecule has 0 amide bonds. The number of hydrogen-bond donors (Lipinski definition) is 1. The maximum absolute atomic E-state index is 13.8. The summed E-state index contributed by atoms with van der Waals surface area (Å²) in [6, 6.07) is 4.85. The van der Waals surface area contributed by atoms with Crippen molar-refractivity contribution in [3.63, 3.8) is 0 Å². The summed E-state index contributed by atoms with van der Waals surface area (Å²) in [5.74, 6) is -0.225. The summed E-state index contributed by atoms with van der Waals surface area (Å²) in [6.07, 6.45) is 6.24. The van der Waals surface area contributed by atoms with Gasteiger partial charge in [-0.15, -0.1) is 0 Å². The third-order valence-electron chi connectivity index (χ3n) is 4.32. The smallest absolute Gasteiger partial charge is 0.137 e. The molecule has 0 radical (unpaired) electrons. The molecule has 0 bridgehead atoms. The van der Waals surface area contributed by atoms with Gasteiger partial charge in [-0.2, -0.15) is 0 Å². The third kappa shape index (κ3) is 3.89.